The summed E-state index contributed by atoms with van der Waals surface area (Å²) in [6.45, 7) is 5.81. The van der Waals surface area contributed by atoms with Crippen LogP contribution >= 0.6 is 0 Å². The van der Waals surface area contributed by atoms with Crippen molar-refractivity contribution in [1.29, 1.82) is 0 Å². The zero-order valence-electron chi connectivity index (χ0n) is 13.1. The van der Waals surface area contributed by atoms with Gasteiger partial charge in [-0.15, -0.1) is 0 Å². The molecule has 0 spiro atoms. The van der Waals surface area contributed by atoms with E-state index in [9.17, 15) is 9.59 Å². The second-order valence-electron chi connectivity index (χ2n) is 6.27. The van der Waals surface area contributed by atoms with Gasteiger partial charge in [-0.2, -0.15) is 0 Å². The molecule has 2 N–H and O–H groups in total. The molecule has 5 nitrogen and oxygen atoms in total. The standard InChI is InChI=1S/C17H21N3O2/c1-10(2)20-16(21)13-9-11(3)14(12-7-5-4-6-8-12)18-15(13)19-17(20)22/h4-8,10-11,14,18H,9H2,1-3H3,(H,19,22)/t11-,14+/m0/s1. The number of H-pyrrole nitrogens is 1. The smallest absolute Gasteiger partial charge is 0.330 e. The molecule has 5 heteroatoms. The Kier molecular flexibility index (Phi) is 3.64. The number of fused-ring (bicyclic) bond motifs is 1. The van der Waals surface area contributed by atoms with Crippen molar-refractivity contribution in [3.8, 4) is 0 Å². The highest BCUT2D eigenvalue weighted by Crippen LogP contribution is 2.33. The van der Waals surface area contributed by atoms with Gasteiger partial charge in [0.25, 0.3) is 5.56 Å². The maximum atomic E-state index is 12.6. The molecular weight excluding hydrogens is 278 g/mol. The Labute approximate surface area is 129 Å². The van der Waals surface area contributed by atoms with Crippen LogP contribution in [0.3, 0.4) is 0 Å². The molecule has 22 heavy (non-hydrogen) atoms. The minimum atomic E-state index is -0.354. The lowest BCUT2D eigenvalue weighted by molar-refractivity contribution is 0.458. The Hall–Kier alpha value is -2.30. The monoisotopic (exact) mass is 299 g/mol. The van der Waals surface area contributed by atoms with Crippen LogP contribution in [0.25, 0.3) is 0 Å². The predicted octanol–water partition coefficient (Wildman–Crippen LogP) is 2.46. The number of hydrogen-bond donors (Lipinski definition) is 2. The lowest BCUT2D eigenvalue weighted by Gasteiger charge is -2.32. The molecule has 1 aromatic heterocycles. The van der Waals surface area contributed by atoms with E-state index < -0.39 is 0 Å². The van der Waals surface area contributed by atoms with E-state index in [0.717, 1.165) is 5.56 Å². The number of anilines is 1. The zero-order valence-corrected chi connectivity index (χ0v) is 13.1. The van der Waals surface area contributed by atoms with Crippen LogP contribution in [0, 0.1) is 5.92 Å². The van der Waals surface area contributed by atoms with Gasteiger partial charge in [0.05, 0.1) is 11.6 Å². The Balaban J connectivity index is 2.08. The lowest BCUT2D eigenvalue weighted by Crippen LogP contribution is -2.42. The number of nitrogens with zero attached hydrogens (tertiary/aromatic N) is 1. The van der Waals surface area contributed by atoms with E-state index in [1.165, 1.54) is 4.57 Å². The highest BCUT2D eigenvalue weighted by molar-refractivity contribution is 5.48. The fourth-order valence-corrected chi connectivity index (χ4v) is 3.18. The van der Waals surface area contributed by atoms with Crippen LogP contribution in [0.1, 0.15) is 44.0 Å². The molecule has 1 aliphatic heterocycles. The minimum Gasteiger partial charge on any atom is -0.364 e. The van der Waals surface area contributed by atoms with Crippen LogP contribution in [0.5, 0.6) is 0 Å². The molecule has 0 amide bonds. The summed E-state index contributed by atoms with van der Waals surface area (Å²) in [5.41, 5.74) is 1.30. The molecule has 2 heterocycles. The van der Waals surface area contributed by atoms with Gasteiger partial charge in [-0.3, -0.25) is 14.3 Å². The van der Waals surface area contributed by atoms with Crippen LogP contribution < -0.4 is 16.6 Å². The van der Waals surface area contributed by atoms with Crippen LogP contribution in [0.4, 0.5) is 5.82 Å². The second kappa shape index (κ2) is 5.48. The molecule has 2 atom stereocenters. The maximum Gasteiger partial charge on any atom is 0.330 e. The molecule has 0 fully saturated rings. The Morgan fingerprint density at radius 1 is 1.18 bits per heavy atom. The highest BCUT2D eigenvalue weighted by Gasteiger charge is 2.29. The average Bonchev–Trinajstić information content (AvgIpc) is 2.48. The normalized spacial score (nSPS) is 20.5. The fourth-order valence-electron chi connectivity index (χ4n) is 3.18. The molecule has 0 saturated carbocycles. The summed E-state index contributed by atoms with van der Waals surface area (Å²) in [6.07, 6.45) is 0.657. The summed E-state index contributed by atoms with van der Waals surface area (Å²) in [5.74, 6) is 0.841. The summed E-state index contributed by atoms with van der Waals surface area (Å²) < 4.78 is 1.29. The van der Waals surface area contributed by atoms with Crippen molar-refractivity contribution in [2.45, 2.75) is 39.3 Å². The van der Waals surface area contributed by atoms with Gasteiger partial charge in [0.1, 0.15) is 5.82 Å². The van der Waals surface area contributed by atoms with Crippen molar-refractivity contribution >= 4 is 5.82 Å². The second-order valence-corrected chi connectivity index (χ2v) is 6.27. The van der Waals surface area contributed by atoms with Crippen molar-refractivity contribution < 1.29 is 0 Å². The molecule has 0 unspecified atom stereocenters. The molecular formula is C17H21N3O2. The van der Waals surface area contributed by atoms with Crippen LogP contribution in [0.15, 0.2) is 39.9 Å². The van der Waals surface area contributed by atoms with Gasteiger partial charge in [0, 0.05) is 6.04 Å². The molecule has 0 aliphatic carbocycles. The van der Waals surface area contributed by atoms with Gasteiger partial charge < -0.3 is 5.32 Å². The largest absolute Gasteiger partial charge is 0.364 e. The van der Waals surface area contributed by atoms with Gasteiger partial charge in [0.15, 0.2) is 0 Å². The lowest BCUT2D eigenvalue weighted by atomic mass is 9.86. The Morgan fingerprint density at radius 3 is 2.50 bits per heavy atom. The first-order valence-electron chi connectivity index (χ1n) is 7.68. The van der Waals surface area contributed by atoms with Gasteiger partial charge in [0.2, 0.25) is 0 Å². The third-order valence-corrected chi connectivity index (χ3v) is 4.30. The number of aromatic amines is 1. The third-order valence-electron chi connectivity index (χ3n) is 4.30. The van der Waals surface area contributed by atoms with Gasteiger partial charge in [-0.1, -0.05) is 37.3 Å². The van der Waals surface area contributed by atoms with Crippen LogP contribution in [-0.2, 0) is 6.42 Å². The van der Waals surface area contributed by atoms with Crippen LogP contribution in [-0.4, -0.2) is 9.55 Å². The molecule has 116 valence electrons. The van der Waals surface area contributed by atoms with Gasteiger partial charge in [-0.05, 0) is 31.7 Å². The summed E-state index contributed by atoms with van der Waals surface area (Å²) in [5, 5.41) is 3.34. The molecule has 0 bridgehead atoms. The Bertz CT molecular complexity index is 790. The summed E-state index contributed by atoms with van der Waals surface area (Å²) >= 11 is 0. The number of hydrogen-bond acceptors (Lipinski definition) is 3. The topological polar surface area (TPSA) is 66.9 Å². The molecule has 1 aromatic carbocycles. The van der Waals surface area contributed by atoms with Crippen LogP contribution in [0.2, 0.25) is 0 Å². The number of rotatable bonds is 2. The number of benzene rings is 1. The van der Waals surface area contributed by atoms with E-state index >= 15 is 0 Å². The average molecular weight is 299 g/mol. The van der Waals surface area contributed by atoms with Crippen molar-refractivity contribution in [2.24, 2.45) is 5.92 Å². The fraction of sp³-hybridized carbons (Fsp3) is 0.412. The number of nitrogens with one attached hydrogen (secondary N) is 2. The van der Waals surface area contributed by atoms with Crippen molar-refractivity contribution in [3.63, 3.8) is 0 Å². The van der Waals surface area contributed by atoms with Gasteiger partial charge >= 0.3 is 5.69 Å². The van der Waals surface area contributed by atoms with E-state index in [-0.39, 0.29) is 29.3 Å². The van der Waals surface area contributed by atoms with Crippen molar-refractivity contribution in [3.05, 3.63) is 62.3 Å². The molecule has 2 aromatic rings. The van der Waals surface area contributed by atoms with Crippen molar-refractivity contribution in [2.75, 3.05) is 5.32 Å². The van der Waals surface area contributed by atoms with E-state index in [1.807, 2.05) is 32.0 Å². The first-order chi connectivity index (χ1) is 10.5. The van der Waals surface area contributed by atoms with E-state index in [1.54, 1.807) is 0 Å². The Morgan fingerprint density at radius 2 is 1.86 bits per heavy atom. The first-order valence-corrected chi connectivity index (χ1v) is 7.68. The first kappa shape index (κ1) is 14.6. The summed E-state index contributed by atoms with van der Waals surface area (Å²) in [6, 6.07) is 10.0. The van der Waals surface area contributed by atoms with E-state index in [0.29, 0.717) is 17.8 Å². The number of aromatic nitrogens is 2. The maximum absolute atomic E-state index is 12.6. The van der Waals surface area contributed by atoms with Crippen molar-refractivity contribution in [1.82, 2.24) is 9.55 Å². The molecule has 0 saturated heterocycles. The predicted molar refractivity (Wildman–Crippen MR) is 87.4 cm³/mol. The highest BCUT2D eigenvalue weighted by atomic mass is 16.2. The zero-order chi connectivity index (χ0) is 15.9. The summed E-state index contributed by atoms with van der Waals surface area (Å²) in [7, 11) is 0. The van der Waals surface area contributed by atoms with E-state index in [2.05, 4.69) is 29.4 Å². The molecule has 1 aliphatic rings. The third kappa shape index (κ3) is 2.36. The quantitative estimate of drug-likeness (QED) is 0.895. The van der Waals surface area contributed by atoms with Gasteiger partial charge in [-0.25, -0.2) is 4.79 Å². The summed E-state index contributed by atoms with van der Waals surface area (Å²) in [4.78, 5) is 27.5. The van der Waals surface area contributed by atoms with E-state index in [4.69, 9.17) is 0 Å². The minimum absolute atomic E-state index is 0.0960. The molecule has 3 rings (SSSR count). The molecule has 0 radical (unpaired) electrons. The SMILES string of the molecule is CC(C)n1c(=O)[nH]c2c(c1=O)C[C@H](C)[C@H](c1ccccc1)N2.